The summed E-state index contributed by atoms with van der Waals surface area (Å²) in [7, 11) is 8.87. The Bertz CT molecular complexity index is 2510. The molecule has 0 aliphatic carbocycles. The van der Waals surface area contributed by atoms with Crippen molar-refractivity contribution in [3.05, 3.63) is 46.5 Å². The van der Waals surface area contributed by atoms with Gasteiger partial charge < -0.3 is 49.6 Å². The number of esters is 1. The highest BCUT2D eigenvalue weighted by Gasteiger charge is 2.64. The van der Waals surface area contributed by atoms with Crippen molar-refractivity contribution in [1.29, 1.82) is 5.26 Å². The maximum absolute atomic E-state index is 14.4. The third-order valence-electron chi connectivity index (χ3n) is 15.6. The Morgan fingerprint density at radius 1 is 1.14 bits per heavy atom. The number of hydrogen-bond acceptors (Lipinski definition) is 18. The maximum Gasteiger partial charge on any atom is 0.409 e. The number of allylic oxidation sites excluding steroid dienone is 3. The van der Waals surface area contributed by atoms with E-state index in [9.17, 15) is 39.1 Å². The van der Waals surface area contributed by atoms with Crippen molar-refractivity contribution in [1.82, 2.24) is 15.5 Å². The van der Waals surface area contributed by atoms with Crippen molar-refractivity contribution in [3.8, 4) is 11.8 Å². The van der Waals surface area contributed by atoms with Crippen LogP contribution in [0.15, 0.2) is 35.9 Å². The van der Waals surface area contributed by atoms with Crippen LogP contribution < -0.4 is 26.0 Å². The van der Waals surface area contributed by atoms with Crippen molar-refractivity contribution in [2.75, 3.05) is 57.0 Å². The molecule has 4 bridgehead atoms. The third-order valence-corrected chi connectivity index (χ3v) is 21.1. The van der Waals surface area contributed by atoms with E-state index < -0.39 is 93.1 Å². The minimum atomic E-state index is -1.87. The first-order valence-corrected chi connectivity index (χ1v) is 31.3. The number of anilines is 1. The number of nitriles is 1. The zero-order valence-electron chi connectivity index (χ0n) is 48.0. The predicted octanol–water partition coefficient (Wildman–Crippen LogP) is 8.78. The molecule has 2 saturated heterocycles. The van der Waals surface area contributed by atoms with Gasteiger partial charge in [-0.05, 0) is 89.7 Å². The molecule has 440 valence electrons. The number of nitrogens with zero attached hydrogens (tertiary/aromatic N) is 3. The number of fused-ring (bicyclic) bond motifs is 5. The van der Waals surface area contributed by atoms with Crippen LogP contribution in [-0.4, -0.2) is 148 Å². The highest BCUT2D eigenvalue weighted by atomic mass is 35.5. The molecule has 18 nitrogen and oxygen atoms in total. The third kappa shape index (κ3) is 17.6. The van der Waals surface area contributed by atoms with E-state index in [1.807, 2.05) is 54.5 Å². The van der Waals surface area contributed by atoms with E-state index in [-0.39, 0.29) is 48.9 Å². The van der Waals surface area contributed by atoms with Gasteiger partial charge in [-0.1, -0.05) is 96.9 Å². The van der Waals surface area contributed by atoms with Gasteiger partial charge in [0.2, 0.25) is 23.6 Å². The summed E-state index contributed by atoms with van der Waals surface area (Å²) in [5.41, 5.74) is 3.19. The van der Waals surface area contributed by atoms with Crippen LogP contribution in [0.5, 0.6) is 5.75 Å². The number of benzene rings is 1. The molecule has 2 fully saturated rings. The summed E-state index contributed by atoms with van der Waals surface area (Å²) in [4.78, 5) is 83.5. The Hall–Kier alpha value is -3.73. The van der Waals surface area contributed by atoms with Crippen molar-refractivity contribution >= 4 is 114 Å². The lowest BCUT2D eigenvalue weighted by Gasteiger charge is -2.44. The van der Waals surface area contributed by atoms with E-state index in [1.54, 1.807) is 45.2 Å². The van der Waals surface area contributed by atoms with Crippen LogP contribution in [0.3, 0.4) is 0 Å². The molecule has 1 aromatic carbocycles. The second-order valence-corrected chi connectivity index (χ2v) is 29.2. The molecular weight excluding hydrogens is 1130 g/mol. The number of carbonyl (C=O) groups is 6. The topological polar surface area (TPSA) is 252 Å². The van der Waals surface area contributed by atoms with Gasteiger partial charge in [-0.2, -0.15) is 5.26 Å². The zero-order chi connectivity index (χ0) is 59.4. The second kappa shape index (κ2) is 29.0. The monoisotopic (exact) mass is 1210 g/mol. The van der Waals surface area contributed by atoms with Crippen molar-refractivity contribution < 1.29 is 57.6 Å². The predicted molar refractivity (Wildman–Crippen MR) is 320 cm³/mol. The standard InChI is InChI=1S/C55H81ClN6O12S5/c1-15-76-50(75)79-52(7,8)36(47(58)66)29-51(5,6)53(9,31-57)21-19-42(63)59-22-24-78-77-23-20-43(64)61(11)34(4)48(67)73-41-28-44(65)62(12)37-26-35(27-38(70-13)45(37)56)25-32(2)17-16-18-40(71-14)55(69)30-39(72-49(68)60-55)33(3)46-54(41,10)74-46/h16-18,26-27,33-34,36,39-41,46,69H,15,19-25,28-30H2,1-14H3,(H2,58,66)(H,59,63)(H,60,68)/b18-16+,32-17+/t33?,34?,36?,39?,40-,41?,46+,53?,54+,55+/m1/s1. The fraction of sp³-hybridized carbons (Fsp3) is 0.673. The number of epoxide rings is 1. The number of amides is 5. The normalized spacial score (nSPS) is 26.2. The first kappa shape index (κ1) is 67.8. The first-order chi connectivity index (χ1) is 36.8. The molecule has 5 amide bonds. The highest BCUT2D eigenvalue weighted by Crippen LogP contribution is 2.51. The minimum Gasteiger partial charge on any atom is -0.495 e. The van der Waals surface area contributed by atoms with Gasteiger partial charge in [0.05, 0.1) is 42.7 Å². The number of alkyl carbamates (subject to hydrolysis) is 1. The Kier molecular flexibility index (Phi) is 24.9. The van der Waals surface area contributed by atoms with Gasteiger partial charge in [0.15, 0.2) is 5.72 Å². The molecule has 5 N–H and O–H groups in total. The van der Waals surface area contributed by atoms with Crippen LogP contribution in [0.4, 0.5) is 10.5 Å². The number of carbonyl (C=O) groups excluding carboxylic acids is 6. The lowest BCUT2D eigenvalue weighted by atomic mass is 9.60. The smallest absolute Gasteiger partial charge is 0.409 e. The summed E-state index contributed by atoms with van der Waals surface area (Å²) >= 11 is 15.3. The number of nitrogens with two attached hydrogens (primary N) is 1. The van der Waals surface area contributed by atoms with Crippen molar-refractivity contribution in [3.63, 3.8) is 0 Å². The molecule has 0 spiro atoms. The van der Waals surface area contributed by atoms with Gasteiger partial charge >= 0.3 is 12.1 Å². The van der Waals surface area contributed by atoms with Crippen molar-refractivity contribution in [2.45, 2.75) is 161 Å². The van der Waals surface area contributed by atoms with Gasteiger partial charge in [0, 0.05) is 69.2 Å². The summed E-state index contributed by atoms with van der Waals surface area (Å²) in [5.74, 6) is -1.31. The number of nitrogens with one attached hydrogen (secondary N) is 2. The molecule has 0 saturated carbocycles. The Labute approximate surface area is 493 Å². The van der Waals surface area contributed by atoms with E-state index in [0.29, 0.717) is 42.3 Å². The number of thioether (sulfide) groups is 2. The molecule has 24 heteroatoms. The zero-order valence-corrected chi connectivity index (χ0v) is 52.8. The summed E-state index contributed by atoms with van der Waals surface area (Å²) < 4.78 is 29.6. The number of halogens is 1. The molecule has 1 aromatic rings. The molecule has 0 aromatic heterocycles. The fourth-order valence-electron chi connectivity index (χ4n) is 9.73. The fourth-order valence-corrected chi connectivity index (χ4v) is 15.2. The number of rotatable bonds is 22. The number of thiocarbonyl (C=S) groups is 1. The number of aliphatic hydroxyl groups is 1. The Balaban J connectivity index is 1.38. The lowest BCUT2D eigenvalue weighted by Crippen LogP contribution is -2.63. The van der Waals surface area contributed by atoms with Crippen LogP contribution in [0.25, 0.3) is 0 Å². The van der Waals surface area contributed by atoms with Crippen LogP contribution in [0.1, 0.15) is 113 Å². The SMILES string of the molecule is CCSC(=S)SC(C)(C)C(CC(C)(C)C(C)(C#N)CCC(=O)NCCSSCCC(=O)N(C)C(C)C(=O)OC1CC(=O)N(C)c2cc(cc(OC)c2Cl)C/C(C)=C/C=C/[C@@H](OC)[C@@]2(O)CC(OC(=O)N2)C(C)[C@@H]2O[C@@]12C)C(N)=O. The van der Waals surface area contributed by atoms with E-state index in [0.717, 1.165) is 20.4 Å². The van der Waals surface area contributed by atoms with Crippen molar-refractivity contribution in [2.24, 2.45) is 28.4 Å². The van der Waals surface area contributed by atoms with E-state index in [4.69, 9.17) is 53.2 Å². The summed E-state index contributed by atoms with van der Waals surface area (Å²) in [6.45, 7) is 18.9. The lowest BCUT2D eigenvalue weighted by molar-refractivity contribution is -0.162. The molecule has 10 atom stereocenters. The van der Waals surface area contributed by atoms with Gasteiger partial charge in [-0.3, -0.25) is 24.5 Å². The summed E-state index contributed by atoms with van der Waals surface area (Å²) in [5, 5.41) is 27.9. The van der Waals surface area contributed by atoms with E-state index >= 15 is 0 Å². The Morgan fingerprint density at radius 2 is 1.81 bits per heavy atom. The Morgan fingerprint density at radius 3 is 2.43 bits per heavy atom. The van der Waals surface area contributed by atoms with Crippen LogP contribution in [0.2, 0.25) is 5.02 Å². The number of hydrogen-bond donors (Lipinski definition) is 4. The van der Waals surface area contributed by atoms with Crippen LogP contribution in [0, 0.1) is 34.0 Å². The largest absolute Gasteiger partial charge is 0.495 e. The molecular formula is C55H81ClN6O12S5. The van der Waals surface area contributed by atoms with Gasteiger partial charge in [-0.15, -0.1) is 23.5 Å². The van der Waals surface area contributed by atoms with E-state index in [2.05, 4.69) is 16.7 Å². The summed E-state index contributed by atoms with van der Waals surface area (Å²) in [6, 6.07) is 4.91. The average Bonchev–Trinajstić information content (AvgIpc) is 4.19. The molecule has 79 heavy (non-hydrogen) atoms. The molecule has 3 aliphatic rings. The quantitative estimate of drug-likeness (QED) is 0.0278. The second-order valence-electron chi connectivity index (χ2n) is 22.0. The molecule has 4 rings (SSSR count). The number of ether oxygens (including phenoxy) is 5. The number of likely N-dealkylation sites (N-methyl/N-ethyl adjacent to an activating group) is 1. The first-order valence-electron chi connectivity index (χ1n) is 26.3. The maximum atomic E-state index is 14.4. The average molecular weight is 1210 g/mol. The van der Waals surface area contributed by atoms with Gasteiger partial charge in [0.1, 0.15) is 44.3 Å². The summed E-state index contributed by atoms with van der Waals surface area (Å²) in [6.07, 6.45) is 1.34. The van der Waals surface area contributed by atoms with Gasteiger partial charge in [-0.25, -0.2) is 9.59 Å². The molecule has 6 unspecified atom stereocenters. The number of methoxy groups -OCH3 is 2. The molecule has 3 heterocycles. The molecule has 0 radical (unpaired) electrons. The molecule has 3 aliphatic heterocycles. The van der Waals surface area contributed by atoms with E-state index in [1.165, 1.54) is 83.1 Å². The van der Waals surface area contributed by atoms with Gasteiger partial charge in [0.25, 0.3) is 0 Å². The van der Waals surface area contributed by atoms with Crippen LogP contribution >= 0.6 is 68.9 Å². The minimum absolute atomic E-state index is 0.0876. The number of primary amides is 1. The van der Waals surface area contributed by atoms with Crippen LogP contribution in [-0.2, 0) is 49.3 Å². The highest BCUT2D eigenvalue weighted by molar-refractivity contribution is 8.76.